The van der Waals surface area contributed by atoms with Gasteiger partial charge in [-0.15, -0.1) is 0 Å². The van der Waals surface area contributed by atoms with Crippen molar-refractivity contribution < 1.29 is 64.3 Å². The number of phenolic OH excluding ortho intramolecular Hbond substituents is 2. The van der Waals surface area contributed by atoms with Crippen molar-refractivity contribution in [3.8, 4) is 17.2 Å². The number of carboxylic acids is 1. The van der Waals surface area contributed by atoms with Crippen LogP contribution in [-0.4, -0.2) is 111 Å². The van der Waals surface area contributed by atoms with Gasteiger partial charge in [0.1, 0.15) is 41.2 Å². The Kier molecular flexibility index (Phi) is 10.8. The van der Waals surface area contributed by atoms with Gasteiger partial charge < -0.3 is 54.7 Å². The highest BCUT2D eigenvalue weighted by atomic mass is 16.7. The number of phenols is 2. The molecule has 11 aliphatic rings. The first-order valence-electron chi connectivity index (χ1n) is 27.4. The molecule has 2 saturated heterocycles. The molecule has 9 fully saturated rings. The minimum atomic E-state index is -1.79. The first-order chi connectivity index (χ1) is 34.1. The molecule has 7 N–H and O–H groups in total. The molecule has 0 amide bonds. The standard InChI is InChI=1S/C58H74O13/c1-30-43(31(2)61)48(63)45-37(47(30)62)19-33(51(66)67)20-41(45)70-52-49(64)50(65)58(42(24-60)71-52)23-38-39-22-53(21-34-25-68-29-56(17-18-59,46(34)39)40-9-8-32(26-69-58)44(38)40)13-15-55(27-53)12-10-36-6-3-5-35-7-4-11-54(35)14-16-57(36,55)28-54/h9,19-20,34-36,38-39,42,46,49-50,52,59-60,62-65H,3-8,10-18,21-29H2,1-2H3,(H,66,67)/t34-,35+,36+,38-,39-,42-,46+,49-,50-,52-,53+,54-,55+,56+,57-,58-/m1/s1. The van der Waals surface area contributed by atoms with Crippen LogP contribution in [0.2, 0.25) is 0 Å². The molecule has 13 rings (SSSR count). The summed E-state index contributed by atoms with van der Waals surface area (Å²) < 4.78 is 26.6. The number of aromatic carboxylic acids is 1. The average molecular weight is 979 g/mol. The van der Waals surface area contributed by atoms with Crippen molar-refractivity contribution in [3.05, 3.63) is 51.6 Å². The van der Waals surface area contributed by atoms with E-state index in [1.54, 1.807) is 0 Å². The maximum atomic E-state index is 12.8. The largest absolute Gasteiger partial charge is 0.507 e. The number of ether oxygens (including phenoxy) is 4. The average Bonchev–Trinajstić information content (AvgIpc) is 4.17. The third-order valence-electron chi connectivity index (χ3n) is 23.0. The van der Waals surface area contributed by atoms with Gasteiger partial charge >= 0.3 is 5.97 Å². The normalized spacial score (nSPS) is 45.1. The highest BCUT2D eigenvalue weighted by Crippen LogP contribution is 2.81. The number of carbonyl (C=O) groups excluding carboxylic acids is 1. The number of Topliss-reactive ketones (excluding diaryl/α,β-unsaturated/α-hetero) is 1. The van der Waals surface area contributed by atoms with Gasteiger partial charge in [-0.1, -0.05) is 18.9 Å². The second kappa shape index (κ2) is 16.2. The Morgan fingerprint density at radius 2 is 1.72 bits per heavy atom. The van der Waals surface area contributed by atoms with E-state index in [4.69, 9.17) is 18.9 Å². The summed E-state index contributed by atoms with van der Waals surface area (Å²) in [6, 6.07) is 2.29. The number of benzene rings is 2. The van der Waals surface area contributed by atoms with Gasteiger partial charge in [0.05, 0.1) is 36.3 Å². The molecule has 3 heterocycles. The van der Waals surface area contributed by atoms with E-state index >= 15 is 0 Å². The summed E-state index contributed by atoms with van der Waals surface area (Å²) in [5.74, 6) is -0.849. The monoisotopic (exact) mass is 979 g/mol. The van der Waals surface area contributed by atoms with Gasteiger partial charge in [0.25, 0.3) is 0 Å². The molecule has 2 aromatic carbocycles. The summed E-state index contributed by atoms with van der Waals surface area (Å²) in [6.45, 7) is 3.52. The highest BCUT2D eigenvalue weighted by Gasteiger charge is 2.72. The number of rotatable bonds is 7. The molecule has 16 atom stereocenters. The molecule has 13 heteroatoms. The molecular formula is C58H74O13. The molecule has 3 aliphatic heterocycles. The minimum absolute atomic E-state index is 0.0513. The first kappa shape index (κ1) is 47.2. The van der Waals surface area contributed by atoms with Gasteiger partial charge in [-0.25, -0.2) is 4.79 Å². The fraction of sp³-hybridized carbons (Fsp3) is 0.724. The van der Waals surface area contributed by atoms with Crippen molar-refractivity contribution in [1.82, 2.24) is 0 Å². The quantitative estimate of drug-likeness (QED) is 0.103. The molecule has 0 unspecified atom stereocenters. The summed E-state index contributed by atoms with van der Waals surface area (Å²) in [5.41, 5.74) is 2.70. The van der Waals surface area contributed by atoms with Gasteiger partial charge in [-0.05, 0) is 209 Å². The zero-order valence-electron chi connectivity index (χ0n) is 41.6. The maximum absolute atomic E-state index is 12.8. The summed E-state index contributed by atoms with van der Waals surface area (Å²) in [5, 5.41) is 80.1. The Labute approximate surface area is 416 Å². The number of carbonyl (C=O) groups is 2. The van der Waals surface area contributed by atoms with Gasteiger partial charge in [-0.2, -0.15) is 0 Å². The van der Waals surface area contributed by atoms with E-state index in [1.165, 1.54) is 121 Å². The van der Waals surface area contributed by atoms with Gasteiger partial charge in [0.15, 0.2) is 5.78 Å². The Balaban J connectivity index is 0.864. The van der Waals surface area contributed by atoms with Crippen LogP contribution in [0.15, 0.2) is 34.9 Å². The van der Waals surface area contributed by atoms with Crippen LogP contribution in [0.4, 0.5) is 0 Å². The molecule has 384 valence electrons. The SMILES string of the molecule is CC(=O)c1c(C)c(O)c2cc(C(=O)O)cc(O[C@@H]3O[C@H](CO)[C@]4(C[C@H]5C6=C(CC=C6[C@]6(CCO)COC[C@H]7C[C@@]8(CC[C@@]9(CC[C@@H]%10CCC[C@H]%11CCC[C@]%11%12CC[C@@]%109C%12)C8)C[C@H]5[C@H]76)CO4)[C@H](O)[C@H]3O)c2c1O. The van der Waals surface area contributed by atoms with Crippen LogP contribution in [0, 0.1) is 69.5 Å². The molecular weight excluding hydrogens is 905 g/mol. The summed E-state index contributed by atoms with van der Waals surface area (Å²) in [4.78, 5) is 25.2. The Hall–Kier alpha value is -3.56. The minimum Gasteiger partial charge on any atom is -0.507 e. The Morgan fingerprint density at radius 1 is 0.901 bits per heavy atom. The first-order valence-corrected chi connectivity index (χ1v) is 27.4. The van der Waals surface area contributed by atoms with Crippen LogP contribution >= 0.6 is 0 Å². The molecule has 8 aliphatic carbocycles. The number of aliphatic hydroxyl groups is 4. The zero-order valence-corrected chi connectivity index (χ0v) is 41.6. The predicted molar refractivity (Wildman–Crippen MR) is 260 cm³/mol. The van der Waals surface area contributed by atoms with Crippen molar-refractivity contribution in [1.29, 1.82) is 0 Å². The van der Waals surface area contributed by atoms with Crippen LogP contribution in [0.25, 0.3) is 10.8 Å². The fourth-order valence-electron chi connectivity index (χ4n) is 20.6. The number of hydrogen-bond acceptors (Lipinski definition) is 12. The van der Waals surface area contributed by atoms with Crippen molar-refractivity contribution in [2.75, 3.05) is 33.0 Å². The third-order valence-corrected chi connectivity index (χ3v) is 23.0. The van der Waals surface area contributed by atoms with E-state index in [0.717, 1.165) is 36.3 Å². The predicted octanol–water partition coefficient (Wildman–Crippen LogP) is 8.44. The molecule has 7 saturated carbocycles. The molecule has 2 bridgehead atoms. The van der Waals surface area contributed by atoms with Crippen LogP contribution in [0.5, 0.6) is 17.2 Å². The van der Waals surface area contributed by atoms with Crippen molar-refractivity contribution in [3.63, 3.8) is 0 Å². The molecule has 5 spiro atoms. The fourth-order valence-corrected chi connectivity index (χ4v) is 20.6. The van der Waals surface area contributed by atoms with Crippen LogP contribution < -0.4 is 4.74 Å². The van der Waals surface area contributed by atoms with Crippen molar-refractivity contribution in [2.45, 2.75) is 166 Å². The third kappa shape index (κ3) is 6.29. The van der Waals surface area contributed by atoms with Crippen molar-refractivity contribution in [2.24, 2.45) is 62.6 Å². The smallest absolute Gasteiger partial charge is 0.335 e. The van der Waals surface area contributed by atoms with Crippen LogP contribution in [-0.2, 0) is 14.2 Å². The van der Waals surface area contributed by atoms with Crippen LogP contribution in [0.1, 0.15) is 155 Å². The highest BCUT2D eigenvalue weighted by molar-refractivity contribution is 6.11. The zero-order chi connectivity index (χ0) is 49.2. The molecule has 71 heavy (non-hydrogen) atoms. The van der Waals surface area contributed by atoms with E-state index < -0.39 is 60.1 Å². The Morgan fingerprint density at radius 3 is 2.51 bits per heavy atom. The summed E-state index contributed by atoms with van der Waals surface area (Å²) in [7, 11) is 0. The van der Waals surface area contributed by atoms with E-state index in [1.807, 2.05) is 0 Å². The second-order valence-corrected chi connectivity index (χ2v) is 25.5. The number of fused-ring (bicyclic) bond motifs is 3. The van der Waals surface area contributed by atoms with E-state index in [0.29, 0.717) is 48.2 Å². The topological polar surface area (TPSA) is 213 Å². The van der Waals surface area contributed by atoms with Gasteiger partial charge in [0.2, 0.25) is 6.29 Å². The van der Waals surface area contributed by atoms with E-state index in [2.05, 4.69) is 6.08 Å². The number of carboxylic acid groups (broad SMARTS) is 1. The molecule has 13 nitrogen and oxygen atoms in total. The maximum Gasteiger partial charge on any atom is 0.335 e. The number of allylic oxidation sites excluding steroid dienone is 2. The van der Waals surface area contributed by atoms with Gasteiger partial charge in [-0.3, -0.25) is 4.79 Å². The number of aliphatic hydroxyl groups excluding tert-OH is 4. The lowest BCUT2D eigenvalue weighted by Gasteiger charge is -2.64. The lowest BCUT2D eigenvalue weighted by molar-refractivity contribution is -0.326. The lowest BCUT2D eigenvalue weighted by atomic mass is 9.42. The van der Waals surface area contributed by atoms with E-state index in [9.17, 15) is 45.3 Å². The summed E-state index contributed by atoms with van der Waals surface area (Å²) in [6.07, 6.45) is 19.0. The van der Waals surface area contributed by atoms with Gasteiger partial charge in [0, 0.05) is 29.6 Å². The van der Waals surface area contributed by atoms with Crippen molar-refractivity contribution >= 4 is 22.5 Å². The van der Waals surface area contributed by atoms with Crippen LogP contribution in [0.3, 0.4) is 0 Å². The number of hydrogen-bond donors (Lipinski definition) is 7. The van der Waals surface area contributed by atoms with E-state index in [-0.39, 0.29) is 81.4 Å². The number of ketones is 1. The molecule has 0 aromatic heterocycles. The second-order valence-electron chi connectivity index (χ2n) is 25.5. The lowest BCUT2D eigenvalue weighted by Crippen LogP contribution is -2.70. The Bertz CT molecular complexity index is 2650. The number of aromatic hydroxyl groups is 2. The summed E-state index contributed by atoms with van der Waals surface area (Å²) >= 11 is 0. The molecule has 0 radical (unpaired) electrons. The molecule has 2 aromatic rings.